The number of amides is 1. The number of aryl methyl sites for hydroxylation is 2. The highest BCUT2D eigenvalue weighted by atomic mass is 16.5. The van der Waals surface area contributed by atoms with Gasteiger partial charge in [0.05, 0.1) is 5.69 Å². The fourth-order valence-corrected chi connectivity index (χ4v) is 4.13. The predicted molar refractivity (Wildman–Crippen MR) is 95.6 cm³/mol. The number of ether oxygens (including phenoxy) is 1. The van der Waals surface area contributed by atoms with Gasteiger partial charge in [-0.05, 0) is 39.5 Å². The summed E-state index contributed by atoms with van der Waals surface area (Å²) < 4.78 is 16.2. The molecule has 4 rings (SSSR count). The van der Waals surface area contributed by atoms with Gasteiger partial charge < -0.3 is 18.7 Å². The summed E-state index contributed by atoms with van der Waals surface area (Å²) in [6, 6.07) is 0. The number of rotatable bonds is 3. The van der Waals surface area contributed by atoms with Gasteiger partial charge in [-0.15, -0.1) is 0 Å². The number of carbonyl (C=O) groups excluding carboxylic acids is 1. The fraction of sp³-hybridized carbons (Fsp3) is 0.684. The minimum Gasteiger partial charge on any atom is -0.381 e. The largest absolute Gasteiger partial charge is 0.381 e. The molecule has 1 amide bonds. The van der Waals surface area contributed by atoms with Crippen molar-refractivity contribution in [3.05, 3.63) is 28.7 Å². The lowest BCUT2D eigenvalue weighted by Crippen LogP contribution is -2.47. The SMILES string of the molecule is Cc1noc(C)c1C(=O)N1CCCC(C)(c2noc(C3CCOCC3)n2)C1. The molecule has 2 fully saturated rings. The first kappa shape index (κ1) is 18.2. The van der Waals surface area contributed by atoms with Crippen molar-refractivity contribution in [3.8, 4) is 0 Å². The molecule has 0 N–H and O–H groups in total. The van der Waals surface area contributed by atoms with Crippen LogP contribution in [0.15, 0.2) is 9.05 Å². The molecule has 1 unspecified atom stereocenters. The molecular weight excluding hydrogens is 348 g/mol. The molecule has 0 aliphatic carbocycles. The molecule has 0 radical (unpaired) electrons. The minimum absolute atomic E-state index is 0.0367. The molecule has 146 valence electrons. The Balaban J connectivity index is 1.53. The van der Waals surface area contributed by atoms with Gasteiger partial charge in [-0.2, -0.15) is 4.98 Å². The lowest BCUT2D eigenvalue weighted by molar-refractivity contribution is 0.0639. The molecule has 0 bridgehead atoms. The van der Waals surface area contributed by atoms with E-state index in [1.54, 1.807) is 13.8 Å². The fourth-order valence-electron chi connectivity index (χ4n) is 4.13. The second-order valence-electron chi connectivity index (χ2n) is 7.93. The molecule has 8 heteroatoms. The third kappa shape index (κ3) is 3.38. The Morgan fingerprint density at radius 3 is 2.67 bits per heavy atom. The number of likely N-dealkylation sites (tertiary alicyclic amines) is 1. The number of nitrogens with zero attached hydrogens (tertiary/aromatic N) is 4. The second kappa shape index (κ2) is 7.07. The highest BCUT2D eigenvalue weighted by molar-refractivity contribution is 5.96. The van der Waals surface area contributed by atoms with Crippen LogP contribution in [-0.4, -0.2) is 52.4 Å². The van der Waals surface area contributed by atoms with E-state index in [2.05, 4.69) is 17.2 Å². The molecule has 0 saturated carbocycles. The number of aromatic nitrogens is 3. The molecule has 1 atom stereocenters. The van der Waals surface area contributed by atoms with E-state index < -0.39 is 0 Å². The van der Waals surface area contributed by atoms with Crippen molar-refractivity contribution in [2.75, 3.05) is 26.3 Å². The highest BCUT2D eigenvalue weighted by Crippen LogP contribution is 2.35. The van der Waals surface area contributed by atoms with Crippen molar-refractivity contribution < 1.29 is 18.6 Å². The van der Waals surface area contributed by atoms with Gasteiger partial charge in [0.1, 0.15) is 11.3 Å². The maximum atomic E-state index is 13.0. The van der Waals surface area contributed by atoms with Crippen LogP contribution in [0.3, 0.4) is 0 Å². The molecule has 0 spiro atoms. The summed E-state index contributed by atoms with van der Waals surface area (Å²) in [6.07, 6.45) is 3.64. The molecule has 4 heterocycles. The maximum absolute atomic E-state index is 13.0. The average Bonchev–Trinajstić information content (AvgIpc) is 3.30. The monoisotopic (exact) mass is 374 g/mol. The van der Waals surface area contributed by atoms with E-state index >= 15 is 0 Å². The van der Waals surface area contributed by atoms with Crippen LogP contribution < -0.4 is 0 Å². The van der Waals surface area contributed by atoms with Crippen molar-refractivity contribution >= 4 is 5.91 Å². The zero-order valence-electron chi connectivity index (χ0n) is 16.2. The van der Waals surface area contributed by atoms with Crippen molar-refractivity contribution in [1.82, 2.24) is 20.2 Å². The van der Waals surface area contributed by atoms with Gasteiger partial charge >= 0.3 is 0 Å². The van der Waals surface area contributed by atoms with E-state index in [9.17, 15) is 4.79 Å². The summed E-state index contributed by atoms with van der Waals surface area (Å²) in [4.78, 5) is 19.6. The van der Waals surface area contributed by atoms with Gasteiger partial charge in [0.2, 0.25) is 5.89 Å². The van der Waals surface area contributed by atoms with E-state index in [4.69, 9.17) is 18.8 Å². The van der Waals surface area contributed by atoms with Crippen LogP contribution in [0, 0.1) is 13.8 Å². The first-order valence-electron chi connectivity index (χ1n) is 9.62. The average molecular weight is 374 g/mol. The van der Waals surface area contributed by atoms with E-state index in [0.717, 1.165) is 38.9 Å². The van der Waals surface area contributed by atoms with Gasteiger partial charge in [-0.3, -0.25) is 4.79 Å². The maximum Gasteiger partial charge on any atom is 0.259 e. The quantitative estimate of drug-likeness (QED) is 0.815. The molecule has 0 aromatic carbocycles. The Morgan fingerprint density at radius 2 is 1.96 bits per heavy atom. The van der Waals surface area contributed by atoms with Crippen LogP contribution >= 0.6 is 0 Å². The van der Waals surface area contributed by atoms with E-state index in [1.165, 1.54) is 0 Å². The lowest BCUT2D eigenvalue weighted by atomic mass is 9.81. The van der Waals surface area contributed by atoms with Gasteiger partial charge in [-0.1, -0.05) is 17.2 Å². The summed E-state index contributed by atoms with van der Waals surface area (Å²) in [5, 5.41) is 8.19. The van der Waals surface area contributed by atoms with Gasteiger partial charge in [0, 0.05) is 37.6 Å². The molecule has 2 aliphatic heterocycles. The zero-order valence-corrected chi connectivity index (χ0v) is 16.2. The van der Waals surface area contributed by atoms with Crippen LogP contribution in [0.1, 0.15) is 72.1 Å². The van der Waals surface area contributed by atoms with E-state index in [-0.39, 0.29) is 17.2 Å². The van der Waals surface area contributed by atoms with Gasteiger partial charge in [0.15, 0.2) is 5.82 Å². The first-order valence-corrected chi connectivity index (χ1v) is 9.62. The Hall–Kier alpha value is -2.22. The van der Waals surface area contributed by atoms with E-state index in [0.29, 0.717) is 41.8 Å². The zero-order chi connectivity index (χ0) is 19.0. The van der Waals surface area contributed by atoms with E-state index in [1.807, 2.05) is 4.90 Å². The molecule has 2 aromatic rings. The Kier molecular flexibility index (Phi) is 4.75. The smallest absolute Gasteiger partial charge is 0.259 e. The van der Waals surface area contributed by atoms with Crippen molar-refractivity contribution in [1.29, 1.82) is 0 Å². The Labute approximate surface area is 158 Å². The van der Waals surface area contributed by atoms with Gasteiger partial charge in [0.25, 0.3) is 5.91 Å². The van der Waals surface area contributed by atoms with Crippen LogP contribution in [0.25, 0.3) is 0 Å². The first-order chi connectivity index (χ1) is 13.0. The molecule has 2 saturated heterocycles. The molecule has 8 nitrogen and oxygen atoms in total. The molecule has 27 heavy (non-hydrogen) atoms. The standard InChI is InChI=1S/C19H26N4O4/c1-12-15(13(2)26-21-12)17(24)23-8-4-7-19(3,11-23)18-20-16(27-22-18)14-5-9-25-10-6-14/h14H,4-11H2,1-3H3. The van der Waals surface area contributed by atoms with Gasteiger partial charge in [-0.25, -0.2) is 0 Å². The van der Waals surface area contributed by atoms with Crippen LogP contribution in [-0.2, 0) is 10.2 Å². The predicted octanol–water partition coefficient (Wildman–Crippen LogP) is 2.76. The van der Waals surface area contributed by atoms with Crippen molar-refractivity contribution in [3.63, 3.8) is 0 Å². The van der Waals surface area contributed by atoms with Crippen LogP contribution in [0.2, 0.25) is 0 Å². The summed E-state index contributed by atoms with van der Waals surface area (Å²) in [7, 11) is 0. The van der Waals surface area contributed by atoms with Crippen molar-refractivity contribution in [2.24, 2.45) is 0 Å². The third-order valence-electron chi connectivity index (χ3n) is 5.78. The summed E-state index contributed by atoms with van der Waals surface area (Å²) >= 11 is 0. The van der Waals surface area contributed by atoms with Crippen LogP contribution in [0.4, 0.5) is 0 Å². The number of carbonyl (C=O) groups is 1. The number of hydrogen-bond donors (Lipinski definition) is 0. The summed E-state index contributed by atoms with van der Waals surface area (Å²) in [5.41, 5.74) is 0.876. The molecule has 2 aromatic heterocycles. The Bertz CT molecular complexity index is 804. The minimum atomic E-state index is -0.320. The van der Waals surface area contributed by atoms with Crippen LogP contribution in [0.5, 0.6) is 0 Å². The lowest BCUT2D eigenvalue weighted by Gasteiger charge is -2.38. The highest BCUT2D eigenvalue weighted by Gasteiger charge is 2.40. The molecular formula is C19H26N4O4. The summed E-state index contributed by atoms with van der Waals surface area (Å²) in [6.45, 7) is 8.42. The second-order valence-corrected chi connectivity index (χ2v) is 7.93. The van der Waals surface area contributed by atoms with Crippen molar-refractivity contribution in [2.45, 2.75) is 57.8 Å². The topological polar surface area (TPSA) is 94.5 Å². The summed E-state index contributed by atoms with van der Waals surface area (Å²) in [5.74, 6) is 2.19. The molecule has 2 aliphatic rings. The normalized spacial score (nSPS) is 24.3. The number of piperidine rings is 1. The Morgan fingerprint density at radius 1 is 1.19 bits per heavy atom. The number of hydrogen-bond acceptors (Lipinski definition) is 7. The third-order valence-corrected chi connectivity index (χ3v) is 5.78.